The number of benzene rings is 1. The summed E-state index contributed by atoms with van der Waals surface area (Å²) in [6.07, 6.45) is 1.000. The molecule has 0 saturated heterocycles. The largest absolute Gasteiger partial charge is 0.330 e. The molecule has 0 amide bonds. The van der Waals surface area contributed by atoms with E-state index < -0.39 is 0 Å². The minimum Gasteiger partial charge on any atom is -0.330 e. The Bertz CT molecular complexity index is 351. The lowest BCUT2D eigenvalue weighted by Crippen LogP contribution is -2.11. The summed E-state index contributed by atoms with van der Waals surface area (Å²) in [7, 11) is 0. The molecule has 0 atom stereocenters. The molecule has 0 saturated carbocycles. The molecular formula is C15H25N. The van der Waals surface area contributed by atoms with Crippen LogP contribution in [-0.4, -0.2) is 6.54 Å². The summed E-state index contributed by atoms with van der Waals surface area (Å²) in [6.45, 7) is 12.0. The molecular weight excluding hydrogens is 194 g/mol. The molecule has 16 heavy (non-hydrogen) atoms. The lowest BCUT2D eigenvalue weighted by molar-refractivity contribution is 0.767. The first-order valence-corrected chi connectivity index (χ1v) is 6.31. The van der Waals surface area contributed by atoms with Crippen LogP contribution in [0.5, 0.6) is 0 Å². The Balaban J connectivity index is 3.37. The van der Waals surface area contributed by atoms with Gasteiger partial charge < -0.3 is 5.73 Å². The van der Waals surface area contributed by atoms with Crippen LogP contribution in [0.2, 0.25) is 0 Å². The van der Waals surface area contributed by atoms with E-state index in [4.69, 9.17) is 5.73 Å². The van der Waals surface area contributed by atoms with Gasteiger partial charge in [-0.2, -0.15) is 0 Å². The summed E-state index contributed by atoms with van der Waals surface area (Å²) < 4.78 is 0. The molecule has 0 aliphatic rings. The molecule has 0 aliphatic heterocycles. The normalized spacial score (nSPS) is 11.5. The van der Waals surface area contributed by atoms with E-state index in [9.17, 15) is 0 Å². The van der Waals surface area contributed by atoms with Crippen molar-refractivity contribution < 1.29 is 0 Å². The van der Waals surface area contributed by atoms with E-state index in [-0.39, 0.29) is 0 Å². The minimum absolute atomic E-state index is 0.582. The Hall–Kier alpha value is -0.820. The van der Waals surface area contributed by atoms with Gasteiger partial charge in [-0.1, -0.05) is 39.8 Å². The molecule has 1 rings (SSSR count). The fraction of sp³-hybridized carbons (Fsp3) is 0.600. The Morgan fingerprint density at radius 3 is 2.12 bits per heavy atom. The van der Waals surface area contributed by atoms with Crippen molar-refractivity contribution in [3.8, 4) is 0 Å². The van der Waals surface area contributed by atoms with Crippen molar-refractivity contribution in [1.29, 1.82) is 0 Å². The average Bonchev–Trinajstić information content (AvgIpc) is 2.20. The van der Waals surface area contributed by atoms with E-state index in [1.165, 1.54) is 22.3 Å². The predicted molar refractivity (Wildman–Crippen MR) is 72.1 cm³/mol. The maximum atomic E-state index is 5.72. The summed E-state index contributed by atoms with van der Waals surface area (Å²) in [5, 5.41) is 0. The van der Waals surface area contributed by atoms with E-state index in [1.54, 1.807) is 0 Å². The fourth-order valence-corrected chi connectivity index (χ4v) is 2.45. The van der Waals surface area contributed by atoms with Gasteiger partial charge in [-0.25, -0.2) is 0 Å². The van der Waals surface area contributed by atoms with Crippen LogP contribution in [0.15, 0.2) is 12.1 Å². The lowest BCUT2D eigenvalue weighted by atomic mass is 9.84. The highest BCUT2D eigenvalue weighted by molar-refractivity contribution is 5.44. The van der Waals surface area contributed by atoms with Crippen molar-refractivity contribution in [2.75, 3.05) is 6.54 Å². The van der Waals surface area contributed by atoms with E-state index in [2.05, 4.69) is 46.8 Å². The maximum absolute atomic E-state index is 5.72. The third kappa shape index (κ3) is 2.65. The van der Waals surface area contributed by atoms with Gasteiger partial charge in [-0.15, -0.1) is 0 Å². The van der Waals surface area contributed by atoms with Crippen molar-refractivity contribution in [3.63, 3.8) is 0 Å². The summed E-state index contributed by atoms with van der Waals surface area (Å²) >= 11 is 0. The molecule has 0 fully saturated rings. The molecule has 0 heterocycles. The van der Waals surface area contributed by atoms with Gasteiger partial charge in [-0.05, 0) is 54.0 Å². The highest BCUT2D eigenvalue weighted by Crippen LogP contribution is 2.31. The summed E-state index contributed by atoms with van der Waals surface area (Å²) in [5.41, 5.74) is 11.6. The van der Waals surface area contributed by atoms with Gasteiger partial charge in [0.25, 0.3) is 0 Å². The van der Waals surface area contributed by atoms with Gasteiger partial charge in [0, 0.05) is 0 Å². The number of hydrogen-bond donors (Lipinski definition) is 1. The van der Waals surface area contributed by atoms with Crippen molar-refractivity contribution in [2.24, 2.45) is 5.73 Å². The topological polar surface area (TPSA) is 26.0 Å². The first-order chi connectivity index (χ1) is 7.49. The molecule has 0 bridgehead atoms. The molecule has 2 N–H and O–H groups in total. The summed E-state index contributed by atoms with van der Waals surface area (Å²) in [6, 6.07) is 4.53. The van der Waals surface area contributed by atoms with Crippen molar-refractivity contribution in [1.82, 2.24) is 0 Å². The Kier molecular flexibility index (Phi) is 4.55. The van der Waals surface area contributed by atoms with Crippen LogP contribution < -0.4 is 5.73 Å². The molecule has 90 valence electrons. The third-order valence-corrected chi connectivity index (χ3v) is 3.22. The zero-order chi connectivity index (χ0) is 12.3. The van der Waals surface area contributed by atoms with Crippen molar-refractivity contribution in [3.05, 3.63) is 34.4 Å². The second-order valence-electron chi connectivity index (χ2n) is 5.21. The number of hydrogen-bond acceptors (Lipinski definition) is 1. The molecule has 1 aromatic rings. The molecule has 0 aliphatic carbocycles. The first kappa shape index (κ1) is 13.2. The first-order valence-electron chi connectivity index (χ1n) is 6.31. The van der Waals surface area contributed by atoms with E-state index in [1.807, 2.05) is 0 Å². The molecule has 0 aromatic heterocycles. The van der Waals surface area contributed by atoms with Gasteiger partial charge in [0.2, 0.25) is 0 Å². The van der Waals surface area contributed by atoms with Gasteiger partial charge in [0.1, 0.15) is 0 Å². The average molecular weight is 219 g/mol. The van der Waals surface area contributed by atoms with Crippen LogP contribution >= 0.6 is 0 Å². The summed E-state index contributed by atoms with van der Waals surface area (Å²) in [4.78, 5) is 0. The maximum Gasteiger partial charge on any atom is -0.00365 e. The van der Waals surface area contributed by atoms with E-state index in [0.717, 1.165) is 13.0 Å². The van der Waals surface area contributed by atoms with Crippen molar-refractivity contribution >= 4 is 0 Å². The molecule has 0 radical (unpaired) electrons. The Labute approximate surface area is 100 Å². The smallest absolute Gasteiger partial charge is 0.00365 e. The molecule has 0 unspecified atom stereocenters. The van der Waals surface area contributed by atoms with Crippen LogP contribution in [0.3, 0.4) is 0 Å². The zero-order valence-corrected chi connectivity index (χ0v) is 11.3. The Morgan fingerprint density at radius 1 is 1.06 bits per heavy atom. The third-order valence-electron chi connectivity index (χ3n) is 3.22. The number of nitrogens with two attached hydrogens (primary N) is 1. The predicted octanol–water partition coefficient (Wildman–Crippen LogP) is 3.74. The highest BCUT2D eigenvalue weighted by Gasteiger charge is 2.15. The second kappa shape index (κ2) is 5.49. The SMILES string of the molecule is Cc1ccc(C(C)C)c(C(C)C)c1CCN. The lowest BCUT2D eigenvalue weighted by Gasteiger charge is -2.22. The quantitative estimate of drug-likeness (QED) is 0.820. The van der Waals surface area contributed by atoms with Gasteiger partial charge in [0.15, 0.2) is 0 Å². The molecule has 1 nitrogen and oxygen atoms in total. The number of rotatable bonds is 4. The van der Waals surface area contributed by atoms with Crippen molar-refractivity contribution in [2.45, 2.75) is 52.9 Å². The standard InChI is InChI=1S/C15H25N/c1-10(2)13-7-6-12(5)14(8-9-16)15(13)11(3)4/h6-7,10-11H,8-9,16H2,1-5H3. The monoisotopic (exact) mass is 219 g/mol. The van der Waals surface area contributed by atoms with Gasteiger partial charge >= 0.3 is 0 Å². The van der Waals surface area contributed by atoms with Crippen LogP contribution in [0.4, 0.5) is 0 Å². The van der Waals surface area contributed by atoms with Crippen LogP contribution in [-0.2, 0) is 6.42 Å². The fourth-order valence-electron chi connectivity index (χ4n) is 2.45. The highest BCUT2D eigenvalue weighted by atomic mass is 14.5. The van der Waals surface area contributed by atoms with Gasteiger partial charge in [0.05, 0.1) is 0 Å². The van der Waals surface area contributed by atoms with E-state index >= 15 is 0 Å². The second-order valence-corrected chi connectivity index (χ2v) is 5.21. The van der Waals surface area contributed by atoms with Crippen LogP contribution in [0.25, 0.3) is 0 Å². The molecule has 1 aromatic carbocycles. The van der Waals surface area contributed by atoms with Crippen LogP contribution in [0.1, 0.15) is 61.8 Å². The van der Waals surface area contributed by atoms with Gasteiger partial charge in [-0.3, -0.25) is 0 Å². The van der Waals surface area contributed by atoms with E-state index in [0.29, 0.717) is 11.8 Å². The zero-order valence-electron chi connectivity index (χ0n) is 11.3. The minimum atomic E-state index is 0.582. The molecule has 0 spiro atoms. The molecule has 1 heteroatoms. The van der Waals surface area contributed by atoms with Crippen LogP contribution in [0, 0.1) is 6.92 Å². The Morgan fingerprint density at radius 2 is 1.69 bits per heavy atom. The number of aryl methyl sites for hydroxylation is 1. The summed E-state index contributed by atoms with van der Waals surface area (Å²) in [5.74, 6) is 1.17.